The van der Waals surface area contributed by atoms with E-state index in [-0.39, 0.29) is 17.6 Å². The number of rotatable bonds is 3. The second kappa shape index (κ2) is 7.49. The highest BCUT2D eigenvalue weighted by Gasteiger charge is 2.27. The summed E-state index contributed by atoms with van der Waals surface area (Å²) in [5.74, 6) is 0.0966. The van der Waals surface area contributed by atoms with Crippen molar-refractivity contribution in [2.24, 2.45) is 0 Å². The molecule has 1 aromatic carbocycles. The molecule has 6 heteroatoms. The first-order chi connectivity index (χ1) is 11.1. The topological polar surface area (TPSA) is 43.3 Å². The third-order valence-corrected chi connectivity index (χ3v) is 4.81. The van der Waals surface area contributed by atoms with Crippen molar-refractivity contribution in [3.63, 3.8) is 0 Å². The molecular weight excluding hydrogens is 335 g/mol. The maximum absolute atomic E-state index is 12.0. The molecule has 0 aliphatic carbocycles. The molecule has 23 heavy (non-hydrogen) atoms. The zero-order valence-corrected chi connectivity index (χ0v) is 14.1. The average Bonchev–Trinajstić information content (AvgIpc) is 2.78. The van der Waals surface area contributed by atoms with Crippen LogP contribution in [0.5, 0.6) is 0 Å². The number of ether oxygens (including phenoxy) is 1. The van der Waals surface area contributed by atoms with Gasteiger partial charge in [-0.05, 0) is 23.8 Å². The number of hydrogen-bond acceptors (Lipinski definition) is 3. The van der Waals surface area contributed by atoms with Gasteiger partial charge in [0, 0.05) is 31.3 Å². The van der Waals surface area contributed by atoms with Gasteiger partial charge in [-0.15, -0.1) is 0 Å². The summed E-state index contributed by atoms with van der Waals surface area (Å²) < 4.78 is 7.68. The molecule has 2 aromatic rings. The average molecular weight is 353 g/mol. The van der Waals surface area contributed by atoms with Crippen molar-refractivity contribution in [2.45, 2.75) is 18.6 Å². The van der Waals surface area contributed by atoms with Crippen molar-refractivity contribution in [3.8, 4) is 0 Å². The Morgan fingerprint density at radius 2 is 2.09 bits per heavy atom. The van der Waals surface area contributed by atoms with E-state index in [2.05, 4.69) is 5.32 Å². The van der Waals surface area contributed by atoms with Gasteiger partial charge in [0.05, 0.1) is 29.3 Å². The first-order valence-corrected chi connectivity index (χ1v) is 8.33. The van der Waals surface area contributed by atoms with Gasteiger partial charge < -0.3 is 14.6 Å². The Bertz CT molecular complexity index is 733. The summed E-state index contributed by atoms with van der Waals surface area (Å²) in [6.07, 6.45) is 1.68. The van der Waals surface area contributed by atoms with E-state index in [9.17, 15) is 4.79 Å². The molecule has 1 fully saturated rings. The van der Waals surface area contributed by atoms with Gasteiger partial charge in [-0.2, -0.15) is 0 Å². The number of hydrogen-bond donors (Lipinski definition) is 1. The Morgan fingerprint density at radius 1 is 1.22 bits per heavy atom. The fourth-order valence-electron chi connectivity index (χ4n) is 2.85. The second-order valence-electron chi connectivity index (χ2n) is 5.58. The lowest BCUT2D eigenvalue weighted by Gasteiger charge is -2.26. The molecule has 1 aliphatic heterocycles. The standard InChI is InChI=1S/C17H18Cl2N2O2/c18-14-5-4-12(9-15(14)19)13-10-20-6-8-23-16(13)11-21-7-2-1-3-17(21)22/h1-5,7,9,13,16,20H,6,8,10-11H2/t13-,16-/m0/s1. The van der Waals surface area contributed by atoms with E-state index in [4.69, 9.17) is 27.9 Å². The van der Waals surface area contributed by atoms with Crippen molar-refractivity contribution in [3.05, 3.63) is 68.6 Å². The number of pyridine rings is 1. The Morgan fingerprint density at radius 3 is 2.87 bits per heavy atom. The lowest BCUT2D eigenvalue weighted by atomic mass is 9.93. The highest BCUT2D eigenvalue weighted by molar-refractivity contribution is 6.42. The van der Waals surface area contributed by atoms with E-state index in [1.807, 2.05) is 18.2 Å². The summed E-state index contributed by atoms with van der Waals surface area (Å²) in [5, 5.41) is 4.44. The third kappa shape index (κ3) is 3.96. The van der Waals surface area contributed by atoms with Crippen LogP contribution in [0.25, 0.3) is 0 Å². The largest absolute Gasteiger partial charge is 0.374 e. The van der Waals surface area contributed by atoms with Gasteiger partial charge in [0.25, 0.3) is 5.56 Å². The first kappa shape index (κ1) is 16.5. The number of halogens is 2. The molecule has 0 saturated carbocycles. The van der Waals surface area contributed by atoms with E-state index < -0.39 is 0 Å². The Balaban J connectivity index is 1.89. The van der Waals surface area contributed by atoms with E-state index in [1.165, 1.54) is 0 Å². The van der Waals surface area contributed by atoms with Gasteiger partial charge >= 0.3 is 0 Å². The summed E-state index contributed by atoms with van der Waals surface area (Å²) >= 11 is 12.2. The van der Waals surface area contributed by atoms with E-state index in [0.29, 0.717) is 23.2 Å². The van der Waals surface area contributed by atoms with E-state index in [1.54, 1.807) is 29.0 Å². The number of nitrogens with zero attached hydrogens (tertiary/aromatic N) is 1. The molecular formula is C17H18Cl2N2O2. The van der Waals surface area contributed by atoms with Crippen LogP contribution in [0, 0.1) is 0 Å². The predicted octanol–water partition coefficient (Wildman–Crippen LogP) is 2.93. The minimum absolute atomic E-state index is 0.0267. The van der Waals surface area contributed by atoms with Crippen LogP contribution in [-0.4, -0.2) is 30.4 Å². The van der Waals surface area contributed by atoms with Crippen LogP contribution in [0.3, 0.4) is 0 Å². The minimum Gasteiger partial charge on any atom is -0.374 e. The van der Waals surface area contributed by atoms with Crippen molar-refractivity contribution in [1.29, 1.82) is 0 Å². The summed E-state index contributed by atoms with van der Waals surface area (Å²) in [6.45, 7) is 2.68. The quantitative estimate of drug-likeness (QED) is 0.923. The van der Waals surface area contributed by atoms with Gasteiger partial charge in [-0.1, -0.05) is 35.3 Å². The minimum atomic E-state index is -0.109. The van der Waals surface area contributed by atoms with Crippen LogP contribution in [0.4, 0.5) is 0 Å². The van der Waals surface area contributed by atoms with Crippen LogP contribution >= 0.6 is 23.2 Å². The smallest absolute Gasteiger partial charge is 0.250 e. The monoisotopic (exact) mass is 352 g/mol. The fourth-order valence-corrected chi connectivity index (χ4v) is 3.15. The van der Waals surface area contributed by atoms with Crippen molar-refractivity contribution < 1.29 is 4.74 Å². The second-order valence-corrected chi connectivity index (χ2v) is 6.40. The Kier molecular flexibility index (Phi) is 5.38. The van der Waals surface area contributed by atoms with Gasteiger partial charge in [0.2, 0.25) is 0 Å². The highest BCUT2D eigenvalue weighted by Crippen LogP contribution is 2.30. The zero-order valence-electron chi connectivity index (χ0n) is 12.5. The maximum atomic E-state index is 12.0. The van der Waals surface area contributed by atoms with E-state index >= 15 is 0 Å². The normalized spacial score (nSPS) is 21.8. The first-order valence-electron chi connectivity index (χ1n) is 7.58. The predicted molar refractivity (Wildman–Crippen MR) is 92.5 cm³/mol. The number of benzene rings is 1. The molecule has 2 heterocycles. The van der Waals surface area contributed by atoms with Gasteiger partial charge in [-0.3, -0.25) is 4.79 Å². The third-order valence-electron chi connectivity index (χ3n) is 4.07. The Hall–Kier alpha value is -1.33. The molecule has 3 rings (SSSR count). The summed E-state index contributed by atoms with van der Waals surface area (Å²) in [6, 6.07) is 10.8. The molecule has 0 unspecified atom stereocenters. The summed E-state index contributed by atoms with van der Waals surface area (Å²) in [5.41, 5.74) is 1.03. The molecule has 1 aromatic heterocycles. The van der Waals surface area contributed by atoms with Gasteiger partial charge in [0.1, 0.15) is 0 Å². The van der Waals surface area contributed by atoms with Gasteiger partial charge in [0.15, 0.2) is 0 Å². The lowest BCUT2D eigenvalue weighted by molar-refractivity contribution is 0.0392. The Labute approximate surface area is 145 Å². The van der Waals surface area contributed by atoms with Crippen LogP contribution in [0.15, 0.2) is 47.4 Å². The molecule has 0 bridgehead atoms. The van der Waals surface area contributed by atoms with Crippen LogP contribution in [0.2, 0.25) is 10.0 Å². The highest BCUT2D eigenvalue weighted by atomic mass is 35.5. The van der Waals surface area contributed by atoms with Crippen molar-refractivity contribution in [2.75, 3.05) is 19.7 Å². The van der Waals surface area contributed by atoms with Crippen LogP contribution in [0.1, 0.15) is 11.5 Å². The van der Waals surface area contributed by atoms with Crippen LogP contribution < -0.4 is 10.9 Å². The molecule has 1 N–H and O–H groups in total. The zero-order chi connectivity index (χ0) is 16.2. The molecule has 4 nitrogen and oxygen atoms in total. The maximum Gasteiger partial charge on any atom is 0.250 e. The molecule has 2 atom stereocenters. The molecule has 1 saturated heterocycles. The molecule has 1 aliphatic rings. The molecule has 0 amide bonds. The molecule has 0 spiro atoms. The molecule has 0 radical (unpaired) electrons. The number of nitrogens with one attached hydrogen (secondary N) is 1. The van der Waals surface area contributed by atoms with Crippen molar-refractivity contribution in [1.82, 2.24) is 9.88 Å². The molecule has 122 valence electrons. The van der Waals surface area contributed by atoms with E-state index in [0.717, 1.165) is 18.7 Å². The summed E-state index contributed by atoms with van der Waals surface area (Å²) in [4.78, 5) is 12.0. The number of aromatic nitrogens is 1. The summed E-state index contributed by atoms with van der Waals surface area (Å²) in [7, 11) is 0. The van der Waals surface area contributed by atoms with Crippen LogP contribution in [-0.2, 0) is 11.3 Å². The van der Waals surface area contributed by atoms with Gasteiger partial charge in [-0.25, -0.2) is 0 Å². The van der Waals surface area contributed by atoms with Crippen molar-refractivity contribution >= 4 is 23.2 Å². The lowest BCUT2D eigenvalue weighted by Crippen LogP contribution is -2.33. The fraction of sp³-hybridized carbons (Fsp3) is 0.353. The SMILES string of the molecule is O=c1ccccn1C[C@@H]1OCCNC[C@H]1c1ccc(Cl)c(Cl)c1.